The first kappa shape index (κ1) is 25.6. The summed E-state index contributed by atoms with van der Waals surface area (Å²) in [5.74, 6) is 0.701. The normalized spacial score (nSPS) is 20.9. The van der Waals surface area contributed by atoms with Gasteiger partial charge in [0.15, 0.2) is 5.65 Å². The molecule has 0 amide bonds. The molecule has 0 spiro atoms. The molecule has 4 rings (SSSR count). The standard InChI is InChI=1S/C26H36N8O2/c1-15(2)34-13-23(28-9-10-35)20(17(4)27)7-8-22-21-11-19(12-29-25(21)31-30-22)24-18(5)32-33(6)26(24)36-14-16(34)3/h7-8,11-12,15-16,35H,9-10,13-14,27H2,1-6H3,(H,29,30,31)/b8-7+,20-17-,28-23?. The average Bonchev–Trinajstić information content (AvgIpc) is 3.36. The van der Waals surface area contributed by atoms with Crippen molar-refractivity contribution in [3.05, 3.63) is 41.0 Å². The van der Waals surface area contributed by atoms with Crippen LogP contribution in [0, 0.1) is 6.92 Å². The Morgan fingerprint density at radius 2 is 2.14 bits per heavy atom. The molecule has 10 nitrogen and oxygen atoms in total. The second kappa shape index (κ2) is 10.6. The van der Waals surface area contributed by atoms with Gasteiger partial charge in [0.2, 0.25) is 5.88 Å². The molecular weight excluding hydrogens is 456 g/mol. The molecule has 1 aliphatic heterocycles. The monoisotopic (exact) mass is 492 g/mol. The predicted molar refractivity (Wildman–Crippen MR) is 143 cm³/mol. The van der Waals surface area contributed by atoms with Crippen molar-refractivity contribution in [3.63, 3.8) is 0 Å². The lowest BCUT2D eigenvalue weighted by atomic mass is 10.0. The molecule has 0 fully saturated rings. The van der Waals surface area contributed by atoms with Crippen LogP contribution in [0.5, 0.6) is 5.88 Å². The van der Waals surface area contributed by atoms with E-state index >= 15 is 0 Å². The van der Waals surface area contributed by atoms with Crippen LogP contribution < -0.4 is 10.5 Å². The van der Waals surface area contributed by atoms with E-state index in [1.165, 1.54) is 0 Å². The van der Waals surface area contributed by atoms with Gasteiger partial charge in [-0.3, -0.25) is 15.0 Å². The molecule has 0 aliphatic carbocycles. The van der Waals surface area contributed by atoms with Gasteiger partial charge in [0.1, 0.15) is 6.61 Å². The summed E-state index contributed by atoms with van der Waals surface area (Å²) < 4.78 is 8.20. The van der Waals surface area contributed by atoms with Crippen molar-refractivity contribution in [1.29, 1.82) is 0 Å². The van der Waals surface area contributed by atoms with Crippen LogP contribution in [0.1, 0.15) is 39.1 Å². The molecule has 192 valence electrons. The van der Waals surface area contributed by atoms with Crippen molar-refractivity contribution in [3.8, 4) is 17.0 Å². The van der Waals surface area contributed by atoms with Gasteiger partial charge < -0.3 is 15.6 Å². The second-order valence-corrected chi connectivity index (χ2v) is 9.53. The van der Waals surface area contributed by atoms with E-state index in [1.807, 2.05) is 39.2 Å². The zero-order valence-corrected chi connectivity index (χ0v) is 21.9. The molecule has 10 heteroatoms. The summed E-state index contributed by atoms with van der Waals surface area (Å²) >= 11 is 0. The average molecular weight is 493 g/mol. The predicted octanol–water partition coefficient (Wildman–Crippen LogP) is 2.84. The van der Waals surface area contributed by atoms with E-state index < -0.39 is 0 Å². The quantitative estimate of drug-likeness (QED) is 0.512. The fraction of sp³-hybridized carbons (Fsp3) is 0.462. The first-order chi connectivity index (χ1) is 17.2. The Balaban J connectivity index is 1.93. The van der Waals surface area contributed by atoms with E-state index in [0.717, 1.165) is 39.2 Å². The molecule has 1 unspecified atom stereocenters. The second-order valence-electron chi connectivity index (χ2n) is 9.53. The number of aliphatic hydroxyl groups excluding tert-OH is 1. The van der Waals surface area contributed by atoms with Crippen molar-refractivity contribution in [2.45, 2.75) is 46.7 Å². The van der Waals surface area contributed by atoms with Crippen LogP contribution in [0.3, 0.4) is 0 Å². The Kier molecular flexibility index (Phi) is 7.56. The number of nitrogens with zero attached hydrogens (tertiary/aromatic N) is 6. The van der Waals surface area contributed by atoms with Gasteiger partial charge >= 0.3 is 0 Å². The highest BCUT2D eigenvalue weighted by Gasteiger charge is 2.24. The van der Waals surface area contributed by atoms with Crippen molar-refractivity contribution in [1.82, 2.24) is 29.9 Å². The van der Waals surface area contributed by atoms with Crippen LogP contribution >= 0.6 is 0 Å². The van der Waals surface area contributed by atoms with E-state index in [2.05, 4.69) is 52.0 Å². The lowest BCUT2D eigenvalue weighted by molar-refractivity contribution is 0.129. The first-order valence-corrected chi connectivity index (χ1v) is 12.3. The third-order valence-electron chi connectivity index (χ3n) is 6.48. The van der Waals surface area contributed by atoms with Crippen molar-refractivity contribution >= 4 is 22.8 Å². The molecule has 1 aliphatic rings. The summed E-state index contributed by atoms with van der Waals surface area (Å²) in [6, 6.07) is 2.35. The van der Waals surface area contributed by atoms with Gasteiger partial charge in [-0.05, 0) is 52.8 Å². The summed E-state index contributed by atoms with van der Waals surface area (Å²) in [6.45, 7) is 11.6. The largest absolute Gasteiger partial charge is 0.476 e. The summed E-state index contributed by atoms with van der Waals surface area (Å²) in [5.41, 5.74) is 12.8. The number of aromatic amines is 1. The van der Waals surface area contributed by atoms with Gasteiger partial charge in [0.25, 0.3) is 0 Å². The SMILES string of the molecule is C/C(N)=C1\C=C\c2[nH]nc3ncc(cc23)-c2c(C)nn(C)c2OCC(C)N(C(C)C)CC1=NCCO. The highest BCUT2D eigenvalue weighted by atomic mass is 16.5. The number of ether oxygens (including phenoxy) is 1. The van der Waals surface area contributed by atoms with E-state index in [1.54, 1.807) is 4.68 Å². The molecule has 0 aromatic carbocycles. The van der Waals surface area contributed by atoms with Crippen molar-refractivity contribution < 1.29 is 9.84 Å². The number of hydrogen-bond acceptors (Lipinski definition) is 8. The topological polar surface area (TPSA) is 130 Å². The Bertz CT molecular complexity index is 1330. The molecule has 0 saturated heterocycles. The number of pyridine rings is 1. The summed E-state index contributed by atoms with van der Waals surface area (Å²) in [5, 5.41) is 22.5. The van der Waals surface area contributed by atoms with Gasteiger partial charge in [0.05, 0.1) is 35.8 Å². The molecule has 4 heterocycles. The zero-order valence-electron chi connectivity index (χ0n) is 21.9. The molecule has 2 bridgehead atoms. The lowest BCUT2D eigenvalue weighted by Gasteiger charge is -2.33. The van der Waals surface area contributed by atoms with E-state index in [0.29, 0.717) is 36.9 Å². The van der Waals surface area contributed by atoms with Crippen LogP contribution in [-0.2, 0) is 7.05 Å². The third kappa shape index (κ3) is 5.05. The maximum Gasteiger partial charge on any atom is 0.219 e. The Labute approximate surface area is 211 Å². The lowest BCUT2D eigenvalue weighted by Crippen LogP contribution is -2.45. The van der Waals surface area contributed by atoms with Gasteiger partial charge in [-0.15, -0.1) is 0 Å². The molecule has 0 saturated carbocycles. The number of allylic oxidation sites excluding steroid dienone is 2. The number of aliphatic imine (C=N–C) groups is 1. The number of aliphatic hydroxyl groups is 1. The number of hydrogen-bond donors (Lipinski definition) is 3. The van der Waals surface area contributed by atoms with Crippen LogP contribution in [0.2, 0.25) is 0 Å². The Morgan fingerprint density at radius 3 is 2.83 bits per heavy atom. The number of nitrogens with two attached hydrogens (primary N) is 1. The van der Waals surface area contributed by atoms with Crippen molar-refractivity contribution in [2.24, 2.45) is 17.8 Å². The molecule has 1 atom stereocenters. The Morgan fingerprint density at radius 1 is 1.36 bits per heavy atom. The van der Waals surface area contributed by atoms with Crippen LogP contribution in [0.4, 0.5) is 0 Å². The highest BCUT2D eigenvalue weighted by molar-refractivity contribution is 6.05. The minimum atomic E-state index is -0.0350. The van der Waals surface area contributed by atoms with Gasteiger partial charge in [-0.1, -0.05) is 0 Å². The minimum Gasteiger partial charge on any atom is -0.476 e. The maximum atomic E-state index is 9.49. The molecule has 4 N–H and O–H groups in total. The first-order valence-electron chi connectivity index (χ1n) is 12.3. The highest BCUT2D eigenvalue weighted by Crippen LogP contribution is 2.34. The number of H-pyrrole nitrogens is 1. The molecule has 0 radical (unpaired) electrons. The number of rotatable bonds is 3. The fourth-order valence-corrected chi connectivity index (χ4v) is 4.66. The molecule has 3 aromatic heterocycles. The smallest absolute Gasteiger partial charge is 0.219 e. The van der Waals surface area contributed by atoms with Crippen molar-refractivity contribution in [2.75, 3.05) is 26.3 Å². The number of aryl methyl sites for hydroxylation is 2. The van der Waals surface area contributed by atoms with Gasteiger partial charge in [0, 0.05) is 54.1 Å². The Hall–Kier alpha value is -3.50. The summed E-state index contributed by atoms with van der Waals surface area (Å²) in [7, 11) is 1.89. The fourth-order valence-electron chi connectivity index (χ4n) is 4.66. The van der Waals surface area contributed by atoms with E-state index in [9.17, 15) is 5.11 Å². The molecule has 36 heavy (non-hydrogen) atoms. The van der Waals surface area contributed by atoms with Gasteiger partial charge in [-0.25, -0.2) is 9.67 Å². The number of aromatic nitrogens is 5. The van der Waals surface area contributed by atoms with E-state index in [-0.39, 0.29) is 18.7 Å². The minimum absolute atomic E-state index is 0.0350. The summed E-state index contributed by atoms with van der Waals surface area (Å²) in [6.07, 6.45) is 5.73. The van der Waals surface area contributed by atoms with Crippen LogP contribution in [0.25, 0.3) is 28.2 Å². The maximum absolute atomic E-state index is 9.49. The number of fused-ring (bicyclic) bond motifs is 3. The van der Waals surface area contributed by atoms with Crippen LogP contribution in [-0.4, -0.2) is 79.1 Å². The number of nitrogens with one attached hydrogen (secondary N) is 1. The zero-order chi connectivity index (χ0) is 26.0. The molecule has 3 aromatic rings. The van der Waals surface area contributed by atoms with Gasteiger partial charge in [-0.2, -0.15) is 10.2 Å². The third-order valence-corrected chi connectivity index (χ3v) is 6.48. The molecular formula is C26H36N8O2. The van der Waals surface area contributed by atoms with Crippen LogP contribution in [0.15, 0.2) is 34.6 Å². The summed E-state index contributed by atoms with van der Waals surface area (Å²) in [4.78, 5) is 11.6. The van der Waals surface area contributed by atoms with E-state index in [4.69, 9.17) is 15.5 Å².